The molecule has 1 aromatic carbocycles. The number of primary amides is 1. The second-order valence-electron chi connectivity index (χ2n) is 3.53. The maximum absolute atomic E-state index is 10.8. The van der Waals surface area contributed by atoms with Crippen molar-refractivity contribution in [2.45, 2.75) is 13.3 Å². The second-order valence-corrected chi connectivity index (χ2v) is 3.53. The molecule has 0 saturated carbocycles. The van der Waals surface area contributed by atoms with Gasteiger partial charge in [0.25, 0.3) is 0 Å². The predicted octanol–water partition coefficient (Wildman–Crippen LogP) is 1.68. The molecule has 0 aliphatic heterocycles. The molecule has 0 fully saturated rings. The normalized spacial score (nSPS) is 10.3. The number of hydrogen-bond acceptors (Lipinski definition) is 3. The lowest BCUT2D eigenvalue weighted by Crippen LogP contribution is -2.14. The number of carbonyl (C=O) groups excluding carboxylic acids is 1. The lowest BCUT2D eigenvalue weighted by molar-refractivity contribution is -0.117. The molecule has 0 spiro atoms. The summed E-state index contributed by atoms with van der Waals surface area (Å²) in [5.41, 5.74) is 6.61. The van der Waals surface area contributed by atoms with Crippen molar-refractivity contribution in [3.8, 4) is 11.5 Å². The van der Waals surface area contributed by atoms with E-state index >= 15 is 0 Å². The molecule has 1 amide bonds. The zero-order chi connectivity index (χ0) is 11.5. The van der Waals surface area contributed by atoms with Gasteiger partial charge in [-0.2, -0.15) is 0 Å². The third kappa shape index (κ3) is 2.11. The van der Waals surface area contributed by atoms with Gasteiger partial charge in [0.2, 0.25) is 11.8 Å². The quantitative estimate of drug-likeness (QED) is 0.848. The van der Waals surface area contributed by atoms with Gasteiger partial charge in [-0.25, -0.2) is 4.98 Å². The number of aromatic nitrogens is 1. The molecule has 1 aromatic heterocycles. The first-order chi connectivity index (χ1) is 7.66. The van der Waals surface area contributed by atoms with Crippen LogP contribution in [0, 0.1) is 6.92 Å². The van der Waals surface area contributed by atoms with E-state index in [-0.39, 0.29) is 6.42 Å². The third-order valence-corrected chi connectivity index (χ3v) is 2.26. The van der Waals surface area contributed by atoms with Crippen molar-refractivity contribution >= 4 is 5.91 Å². The molecule has 0 bridgehead atoms. The Kier molecular flexibility index (Phi) is 2.72. The Morgan fingerprint density at radius 3 is 2.69 bits per heavy atom. The van der Waals surface area contributed by atoms with Crippen LogP contribution in [0.2, 0.25) is 0 Å². The predicted molar refractivity (Wildman–Crippen MR) is 59.6 cm³/mol. The number of benzene rings is 1. The summed E-state index contributed by atoms with van der Waals surface area (Å²) in [4.78, 5) is 15.1. The summed E-state index contributed by atoms with van der Waals surface area (Å²) in [6.07, 6.45) is 0.113. The van der Waals surface area contributed by atoms with Crippen molar-refractivity contribution < 1.29 is 9.21 Å². The summed E-state index contributed by atoms with van der Waals surface area (Å²) >= 11 is 0. The van der Waals surface area contributed by atoms with E-state index in [0.29, 0.717) is 17.3 Å². The first-order valence-corrected chi connectivity index (χ1v) is 4.97. The highest BCUT2D eigenvalue weighted by atomic mass is 16.4. The van der Waals surface area contributed by atoms with Crippen molar-refractivity contribution in [1.29, 1.82) is 0 Å². The molecule has 1 heterocycles. The van der Waals surface area contributed by atoms with Gasteiger partial charge in [0, 0.05) is 5.56 Å². The van der Waals surface area contributed by atoms with Crippen molar-refractivity contribution in [2.24, 2.45) is 5.73 Å². The van der Waals surface area contributed by atoms with Gasteiger partial charge in [-0.15, -0.1) is 0 Å². The molecule has 4 nitrogen and oxygen atoms in total. The fraction of sp³-hybridized carbons (Fsp3) is 0.167. The van der Waals surface area contributed by atoms with E-state index in [0.717, 1.165) is 5.56 Å². The molecule has 82 valence electrons. The Bertz CT molecular complexity index is 503. The molecule has 2 N–H and O–H groups in total. The Morgan fingerprint density at radius 2 is 2.06 bits per heavy atom. The van der Waals surface area contributed by atoms with Gasteiger partial charge >= 0.3 is 0 Å². The number of amides is 1. The molecule has 0 unspecified atom stereocenters. The van der Waals surface area contributed by atoms with E-state index in [2.05, 4.69) is 4.98 Å². The van der Waals surface area contributed by atoms with Crippen LogP contribution in [0.5, 0.6) is 0 Å². The van der Waals surface area contributed by atoms with Crippen molar-refractivity contribution in [1.82, 2.24) is 4.98 Å². The molecule has 16 heavy (non-hydrogen) atoms. The molecule has 0 aliphatic rings. The van der Waals surface area contributed by atoms with Gasteiger partial charge in [0.1, 0.15) is 5.76 Å². The third-order valence-electron chi connectivity index (χ3n) is 2.26. The monoisotopic (exact) mass is 216 g/mol. The summed E-state index contributed by atoms with van der Waals surface area (Å²) < 4.78 is 5.48. The molecule has 0 aliphatic carbocycles. The fourth-order valence-electron chi connectivity index (χ4n) is 1.46. The maximum atomic E-state index is 10.8. The number of hydrogen-bond donors (Lipinski definition) is 1. The number of oxazole rings is 1. The average Bonchev–Trinajstić information content (AvgIpc) is 2.61. The average molecular weight is 216 g/mol. The molecular formula is C12H12N2O2. The van der Waals surface area contributed by atoms with Gasteiger partial charge in [-0.05, 0) is 19.1 Å². The van der Waals surface area contributed by atoms with Gasteiger partial charge in [-0.3, -0.25) is 4.79 Å². The van der Waals surface area contributed by atoms with Gasteiger partial charge in [0.15, 0.2) is 0 Å². The van der Waals surface area contributed by atoms with E-state index < -0.39 is 5.91 Å². The van der Waals surface area contributed by atoms with Crippen molar-refractivity contribution in [3.05, 3.63) is 41.8 Å². The maximum Gasteiger partial charge on any atom is 0.226 e. The topological polar surface area (TPSA) is 69.1 Å². The smallest absolute Gasteiger partial charge is 0.226 e. The van der Waals surface area contributed by atoms with E-state index in [4.69, 9.17) is 10.2 Å². The number of rotatable bonds is 3. The van der Waals surface area contributed by atoms with E-state index in [9.17, 15) is 4.79 Å². The van der Waals surface area contributed by atoms with Crippen LogP contribution in [0.25, 0.3) is 11.5 Å². The van der Waals surface area contributed by atoms with E-state index in [1.165, 1.54) is 0 Å². The molecule has 2 aromatic rings. The van der Waals surface area contributed by atoms with E-state index in [1.54, 1.807) is 6.92 Å². The van der Waals surface area contributed by atoms with Crippen LogP contribution < -0.4 is 5.73 Å². The van der Waals surface area contributed by atoms with Crippen LogP contribution >= 0.6 is 0 Å². The summed E-state index contributed by atoms with van der Waals surface area (Å²) in [6, 6.07) is 9.54. The first kappa shape index (κ1) is 10.4. The second kappa shape index (κ2) is 4.18. The number of nitrogens with zero attached hydrogens (tertiary/aromatic N) is 1. The Balaban J connectivity index is 2.34. The largest absolute Gasteiger partial charge is 0.441 e. The van der Waals surface area contributed by atoms with Crippen LogP contribution in [-0.2, 0) is 11.2 Å². The number of nitrogens with two attached hydrogens (primary N) is 1. The highest BCUT2D eigenvalue weighted by molar-refractivity contribution is 5.76. The minimum absolute atomic E-state index is 0.113. The van der Waals surface area contributed by atoms with Crippen LogP contribution in [0.4, 0.5) is 0 Å². The Labute approximate surface area is 93.1 Å². The summed E-state index contributed by atoms with van der Waals surface area (Å²) in [5, 5.41) is 0. The van der Waals surface area contributed by atoms with Crippen molar-refractivity contribution in [2.75, 3.05) is 0 Å². The van der Waals surface area contributed by atoms with Gasteiger partial charge in [-0.1, -0.05) is 18.2 Å². The molecular weight excluding hydrogens is 204 g/mol. The fourth-order valence-corrected chi connectivity index (χ4v) is 1.46. The number of aryl methyl sites for hydroxylation is 1. The Morgan fingerprint density at radius 1 is 1.38 bits per heavy atom. The first-order valence-electron chi connectivity index (χ1n) is 4.97. The summed E-state index contributed by atoms with van der Waals surface area (Å²) in [6.45, 7) is 1.78. The lowest BCUT2D eigenvalue weighted by atomic mass is 10.2. The highest BCUT2D eigenvalue weighted by Gasteiger charge is 2.12. The zero-order valence-electron chi connectivity index (χ0n) is 8.93. The standard InChI is InChI=1S/C12H12N2O2/c1-8-10(7-11(13)15)14-12(16-8)9-5-3-2-4-6-9/h2-6H,7H2,1H3,(H2,13,15). The molecule has 0 saturated heterocycles. The highest BCUT2D eigenvalue weighted by Crippen LogP contribution is 2.21. The van der Waals surface area contributed by atoms with Crippen LogP contribution in [0.3, 0.4) is 0 Å². The summed E-state index contributed by atoms with van der Waals surface area (Å²) in [7, 11) is 0. The Hall–Kier alpha value is -2.10. The SMILES string of the molecule is Cc1oc(-c2ccccc2)nc1CC(N)=O. The zero-order valence-corrected chi connectivity index (χ0v) is 8.93. The van der Waals surface area contributed by atoms with Gasteiger partial charge < -0.3 is 10.2 Å². The molecule has 0 radical (unpaired) electrons. The molecule has 0 atom stereocenters. The minimum Gasteiger partial charge on any atom is -0.441 e. The van der Waals surface area contributed by atoms with E-state index in [1.807, 2.05) is 30.3 Å². The number of carbonyl (C=O) groups is 1. The van der Waals surface area contributed by atoms with Crippen molar-refractivity contribution in [3.63, 3.8) is 0 Å². The van der Waals surface area contributed by atoms with Crippen LogP contribution in [0.15, 0.2) is 34.7 Å². The van der Waals surface area contributed by atoms with Gasteiger partial charge in [0.05, 0.1) is 12.1 Å². The molecule has 2 rings (SSSR count). The van der Waals surface area contributed by atoms with Crippen LogP contribution in [-0.4, -0.2) is 10.9 Å². The molecule has 4 heteroatoms. The van der Waals surface area contributed by atoms with Crippen LogP contribution in [0.1, 0.15) is 11.5 Å². The summed E-state index contributed by atoms with van der Waals surface area (Å²) in [5.74, 6) is 0.753. The minimum atomic E-state index is -0.406. The lowest BCUT2D eigenvalue weighted by Gasteiger charge is -1.92.